The Hall–Kier alpha value is -1.96. The van der Waals surface area contributed by atoms with E-state index in [2.05, 4.69) is 20.8 Å². The van der Waals surface area contributed by atoms with E-state index in [-0.39, 0.29) is 31.0 Å². The lowest BCUT2D eigenvalue weighted by Gasteiger charge is -2.20. The molecular formula is C50H91O13P. The van der Waals surface area contributed by atoms with Gasteiger partial charge in [-0.2, -0.15) is 0 Å². The number of aliphatic hydroxyl groups excluding tert-OH is 4. The van der Waals surface area contributed by atoms with Crippen LogP contribution in [0.25, 0.3) is 0 Å². The Kier molecular flexibility index (Phi) is 36.7. The molecule has 1 rings (SSSR count). The maximum Gasteiger partial charge on any atom is 0.472 e. The molecule has 14 heteroatoms. The number of carbonyl (C=O) groups excluding carboxylic acids is 3. The third kappa shape index (κ3) is 33.5. The van der Waals surface area contributed by atoms with Gasteiger partial charge >= 0.3 is 19.8 Å². The molecule has 1 fully saturated rings. The zero-order valence-corrected chi connectivity index (χ0v) is 41.0. The highest BCUT2D eigenvalue weighted by Gasteiger charge is 2.39. The number of allylic oxidation sites excluding steroid dienone is 3. The van der Waals surface area contributed by atoms with Gasteiger partial charge in [-0.25, -0.2) is 4.57 Å². The van der Waals surface area contributed by atoms with E-state index < -0.39 is 76.5 Å². The number of phosphoric ester groups is 1. The fraction of sp³-hybridized carbons (Fsp3) is 0.860. The minimum absolute atomic E-state index is 0.0411. The smallest absolute Gasteiger partial charge is 0.462 e. The van der Waals surface area contributed by atoms with Gasteiger partial charge in [0.15, 0.2) is 6.10 Å². The molecule has 0 aliphatic heterocycles. The molecule has 13 nitrogen and oxygen atoms in total. The highest BCUT2D eigenvalue weighted by atomic mass is 31.2. The minimum Gasteiger partial charge on any atom is -0.462 e. The van der Waals surface area contributed by atoms with E-state index in [1.807, 2.05) is 12.2 Å². The van der Waals surface area contributed by atoms with Gasteiger partial charge < -0.3 is 34.8 Å². The van der Waals surface area contributed by atoms with Crippen molar-refractivity contribution in [3.8, 4) is 0 Å². The third-order valence-corrected chi connectivity index (χ3v) is 12.9. The van der Waals surface area contributed by atoms with Crippen LogP contribution in [0.5, 0.6) is 0 Å². The van der Waals surface area contributed by atoms with Crippen molar-refractivity contribution in [2.75, 3.05) is 26.4 Å². The van der Waals surface area contributed by atoms with Gasteiger partial charge in [0.25, 0.3) is 0 Å². The Morgan fingerprint density at radius 3 is 1.81 bits per heavy atom. The van der Waals surface area contributed by atoms with Crippen LogP contribution < -0.4 is 0 Å². The SMILES string of the molecule is CCCCC[C@H](O)/C=C/[C@H]1C(=O)C[C@H](O)[C@@H]1C/C=C\CCCC(=O)OC[C@H](COP(=O)(O)OC[C@@H](O)CO)OC(=O)CCCCCCCCCCCCCCCCCCCCC(C)C. The maximum atomic E-state index is 12.7. The zero-order valence-electron chi connectivity index (χ0n) is 40.1. The monoisotopic (exact) mass is 931 g/mol. The summed E-state index contributed by atoms with van der Waals surface area (Å²) in [4.78, 5) is 47.8. The zero-order chi connectivity index (χ0) is 47.3. The second kappa shape index (κ2) is 39.1. The molecular weight excluding hydrogens is 840 g/mol. The molecule has 0 aromatic rings. The number of hydrogen-bond donors (Lipinski definition) is 5. The number of ether oxygens (including phenoxy) is 2. The third-order valence-electron chi connectivity index (χ3n) is 11.9. The summed E-state index contributed by atoms with van der Waals surface area (Å²) in [6.07, 6.45) is 32.2. The average molecular weight is 931 g/mol. The Morgan fingerprint density at radius 1 is 0.719 bits per heavy atom. The maximum absolute atomic E-state index is 12.7. The Balaban J connectivity index is 2.36. The number of hydrogen-bond acceptors (Lipinski definition) is 12. The van der Waals surface area contributed by atoms with E-state index in [4.69, 9.17) is 23.6 Å². The summed E-state index contributed by atoms with van der Waals surface area (Å²) in [6, 6.07) is 0. The highest BCUT2D eigenvalue weighted by molar-refractivity contribution is 7.47. The number of ketones is 1. The molecule has 7 atom stereocenters. The van der Waals surface area contributed by atoms with Crippen molar-refractivity contribution in [3.63, 3.8) is 0 Å². The van der Waals surface area contributed by atoms with Gasteiger partial charge in [-0.1, -0.05) is 180 Å². The van der Waals surface area contributed by atoms with Crippen LogP contribution in [0, 0.1) is 17.8 Å². The number of esters is 2. The van der Waals surface area contributed by atoms with Gasteiger partial charge in [0.1, 0.15) is 18.5 Å². The second-order valence-corrected chi connectivity index (χ2v) is 19.9. The predicted octanol–water partition coefficient (Wildman–Crippen LogP) is 10.6. The first-order valence-electron chi connectivity index (χ1n) is 25.3. The first kappa shape index (κ1) is 60.1. The summed E-state index contributed by atoms with van der Waals surface area (Å²) in [5, 5.41) is 39.2. The number of carbonyl (C=O) groups is 3. The molecule has 0 bridgehead atoms. The molecule has 0 saturated heterocycles. The molecule has 374 valence electrons. The van der Waals surface area contributed by atoms with E-state index in [0.717, 1.165) is 44.4 Å². The normalized spacial score (nSPS) is 19.1. The Labute approximate surface area is 387 Å². The van der Waals surface area contributed by atoms with Gasteiger partial charge in [-0.15, -0.1) is 0 Å². The molecule has 1 saturated carbocycles. The van der Waals surface area contributed by atoms with Gasteiger partial charge in [-0.05, 0) is 38.0 Å². The number of aliphatic hydroxyl groups is 4. The quantitative estimate of drug-likeness (QED) is 0.0167. The van der Waals surface area contributed by atoms with Gasteiger partial charge in [0.05, 0.1) is 32.0 Å². The van der Waals surface area contributed by atoms with Crippen LogP contribution in [0.2, 0.25) is 0 Å². The molecule has 1 aliphatic carbocycles. The lowest BCUT2D eigenvalue weighted by atomic mass is 9.90. The molecule has 0 aromatic heterocycles. The molecule has 64 heavy (non-hydrogen) atoms. The van der Waals surface area contributed by atoms with Gasteiger partial charge in [0, 0.05) is 31.1 Å². The summed E-state index contributed by atoms with van der Waals surface area (Å²) in [5.41, 5.74) is 0. The molecule has 1 unspecified atom stereocenters. The fourth-order valence-corrected chi connectivity index (χ4v) is 8.72. The van der Waals surface area contributed by atoms with E-state index in [1.165, 1.54) is 96.3 Å². The predicted molar refractivity (Wildman–Crippen MR) is 252 cm³/mol. The lowest BCUT2D eigenvalue weighted by Crippen LogP contribution is -2.29. The summed E-state index contributed by atoms with van der Waals surface area (Å²) in [7, 11) is -4.69. The Morgan fingerprint density at radius 2 is 1.25 bits per heavy atom. The van der Waals surface area contributed by atoms with E-state index in [9.17, 15) is 39.2 Å². The molecule has 0 spiro atoms. The minimum atomic E-state index is -4.69. The van der Waals surface area contributed by atoms with Crippen LogP contribution in [-0.2, 0) is 37.5 Å². The van der Waals surface area contributed by atoms with Crippen molar-refractivity contribution in [3.05, 3.63) is 24.3 Å². The van der Waals surface area contributed by atoms with Gasteiger partial charge in [0.2, 0.25) is 0 Å². The van der Waals surface area contributed by atoms with Crippen molar-refractivity contribution in [2.45, 2.75) is 231 Å². The molecule has 0 heterocycles. The van der Waals surface area contributed by atoms with Crippen molar-refractivity contribution in [1.29, 1.82) is 0 Å². The highest BCUT2D eigenvalue weighted by Crippen LogP contribution is 2.43. The van der Waals surface area contributed by atoms with Crippen LogP contribution in [-0.4, -0.2) is 93.9 Å². The molecule has 0 amide bonds. The van der Waals surface area contributed by atoms with Crippen LogP contribution in [0.15, 0.2) is 24.3 Å². The fourth-order valence-electron chi connectivity index (χ4n) is 7.93. The summed E-state index contributed by atoms with van der Waals surface area (Å²) >= 11 is 0. The standard InChI is InChI=1S/C50H91O13P/c1-4-5-24-30-42(52)34-35-46-45(47(54)36-48(46)55)31-26-22-23-27-32-49(56)60-39-44(40-62-64(58,59)61-38-43(53)37-51)63-50(57)33-28-21-19-17-15-13-11-9-7-6-8-10-12-14-16-18-20-25-29-41(2)3/h22,26,34-35,41-47,51-54H,4-21,23-25,27-33,36-40H2,1-3H3,(H,58,59)/b26-22-,35-34+/t42-,43-,44+,45+,46+,47-/m0/s1. The van der Waals surface area contributed by atoms with Crippen LogP contribution in [0.1, 0.15) is 207 Å². The van der Waals surface area contributed by atoms with Crippen molar-refractivity contribution >= 4 is 25.5 Å². The van der Waals surface area contributed by atoms with Crippen LogP contribution in [0.4, 0.5) is 0 Å². The number of Topliss-reactive ketones (excluding diaryl/α,β-unsaturated/α-hetero) is 1. The summed E-state index contributed by atoms with van der Waals surface area (Å²) < 4.78 is 32.8. The molecule has 0 radical (unpaired) electrons. The Bertz CT molecular complexity index is 1290. The average Bonchev–Trinajstić information content (AvgIpc) is 3.53. The van der Waals surface area contributed by atoms with E-state index in [1.54, 1.807) is 12.2 Å². The molecule has 1 aliphatic rings. The largest absolute Gasteiger partial charge is 0.472 e. The second-order valence-electron chi connectivity index (χ2n) is 18.5. The van der Waals surface area contributed by atoms with E-state index in [0.29, 0.717) is 32.1 Å². The number of rotatable bonds is 43. The summed E-state index contributed by atoms with van der Waals surface area (Å²) in [5.74, 6) is -1.06. The lowest BCUT2D eigenvalue weighted by molar-refractivity contribution is -0.161. The van der Waals surface area contributed by atoms with Crippen LogP contribution in [0.3, 0.4) is 0 Å². The molecule has 0 aromatic carbocycles. The molecule has 5 N–H and O–H groups in total. The number of unbranched alkanes of at least 4 members (excludes halogenated alkanes) is 20. The van der Waals surface area contributed by atoms with Crippen LogP contribution >= 0.6 is 7.82 Å². The summed E-state index contributed by atoms with van der Waals surface area (Å²) in [6.45, 7) is 4.35. The number of phosphoric acid groups is 1. The van der Waals surface area contributed by atoms with E-state index >= 15 is 0 Å². The first-order chi connectivity index (χ1) is 30.8. The van der Waals surface area contributed by atoms with Crippen molar-refractivity contribution in [2.24, 2.45) is 17.8 Å². The topological polar surface area (TPSA) is 206 Å². The van der Waals surface area contributed by atoms with Gasteiger partial charge in [-0.3, -0.25) is 23.4 Å². The first-order valence-corrected chi connectivity index (χ1v) is 26.7. The van der Waals surface area contributed by atoms with Crippen molar-refractivity contribution in [1.82, 2.24) is 0 Å². The van der Waals surface area contributed by atoms with Crippen molar-refractivity contribution < 1.29 is 62.8 Å².